The summed E-state index contributed by atoms with van der Waals surface area (Å²) in [7, 11) is 0. The molecule has 0 aliphatic carbocycles. The maximum atomic E-state index is 12.4. The predicted octanol–water partition coefficient (Wildman–Crippen LogP) is 3.78. The van der Waals surface area contributed by atoms with Crippen LogP contribution in [0.2, 0.25) is 10.0 Å². The van der Waals surface area contributed by atoms with Crippen molar-refractivity contribution in [2.75, 3.05) is 6.54 Å². The summed E-state index contributed by atoms with van der Waals surface area (Å²) in [5.41, 5.74) is 7.00. The number of carbonyl (C=O) groups is 1. The van der Waals surface area contributed by atoms with E-state index in [9.17, 15) is 4.79 Å². The molecule has 0 aromatic heterocycles. The van der Waals surface area contributed by atoms with Crippen LogP contribution in [0.5, 0.6) is 0 Å². The lowest BCUT2D eigenvalue weighted by atomic mass is 10.0. The van der Waals surface area contributed by atoms with Gasteiger partial charge in [0.05, 0.1) is 22.1 Å². The van der Waals surface area contributed by atoms with Gasteiger partial charge >= 0.3 is 0 Å². The van der Waals surface area contributed by atoms with Crippen LogP contribution in [0.4, 0.5) is 0 Å². The minimum atomic E-state index is -0.400. The van der Waals surface area contributed by atoms with Crippen molar-refractivity contribution in [3.8, 4) is 0 Å². The first-order chi connectivity index (χ1) is 9.54. The average Bonchev–Trinajstić information content (AvgIpc) is 2.90. The van der Waals surface area contributed by atoms with Crippen molar-refractivity contribution in [2.24, 2.45) is 5.73 Å². The van der Waals surface area contributed by atoms with Gasteiger partial charge in [0.1, 0.15) is 0 Å². The van der Waals surface area contributed by atoms with E-state index in [-0.39, 0.29) is 11.9 Å². The van der Waals surface area contributed by atoms with Gasteiger partial charge in [0.25, 0.3) is 0 Å². The zero-order chi connectivity index (χ0) is 14.7. The lowest BCUT2D eigenvalue weighted by Crippen LogP contribution is -2.43. The molecule has 1 aromatic rings. The summed E-state index contributed by atoms with van der Waals surface area (Å²) in [6.45, 7) is 2.80. The van der Waals surface area contributed by atoms with Crippen LogP contribution in [0.1, 0.15) is 44.2 Å². The zero-order valence-electron chi connectivity index (χ0n) is 11.6. The number of rotatable bonds is 4. The topological polar surface area (TPSA) is 46.3 Å². The van der Waals surface area contributed by atoms with Crippen LogP contribution in [0, 0.1) is 0 Å². The second kappa shape index (κ2) is 6.79. The highest BCUT2D eigenvalue weighted by Gasteiger charge is 2.32. The molecule has 0 spiro atoms. The van der Waals surface area contributed by atoms with Crippen molar-refractivity contribution in [2.45, 2.75) is 44.7 Å². The molecule has 0 saturated carbocycles. The second-order valence-corrected chi connectivity index (χ2v) is 6.07. The molecule has 5 heteroatoms. The molecule has 0 bridgehead atoms. The molecular formula is C15H20Cl2N2O. The summed E-state index contributed by atoms with van der Waals surface area (Å²) in [5.74, 6) is 0.0421. The molecule has 2 rings (SSSR count). The molecule has 1 saturated heterocycles. The van der Waals surface area contributed by atoms with Crippen LogP contribution in [-0.2, 0) is 4.79 Å². The SMILES string of the molecule is CCC[C@@H](N)C(=O)N1CCCC1c1ccc(Cl)c(Cl)c1. The number of amides is 1. The summed E-state index contributed by atoms with van der Waals surface area (Å²) < 4.78 is 0. The highest BCUT2D eigenvalue weighted by molar-refractivity contribution is 6.42. The Labute approximate surface area is 130 Å². The number of hydrogen-bond acceptors (Lipinski definition) is 2. The Morgan fingerprint density at radius 2 is 2.20 bits per heavy atom. The van der Waals surface area contributed by atoms with Crippen LogP contribution in [0.15, 0.2) is 18.2 Å². The van der Waals surface area contributed by atoms with Crippen molar-refractivity contribution in [1.29, 1.82) is 0 Å². The molecule has 1 heterocycles. The van der Waals surface area contributed by atoms with E-state index in [4.69, 9.17) is 28.9 Å². The van der Waals surface area contributed by atoms with Crippen molar-refractivity contribution in [1.82, 2.24) is 4.90 Å². The minimum Gasteiger partial charge on any atom is -0.334 e. The van der Waals surface area contributed by atoms with Gasteiger partial charge in [0, 0.05) is 6.54 Å². The number of likely N-dealkylation sites (tertiary alicyclic amines) is 1. The fraction of sp³-hybridized carbons (Fsp3) is 0.533. The fourth-order valence-electron chi connectivity index (χ4n) is 2.74. The molecule has 1 fully saturated rings. The van der Waals surface area contributed by atoms with Crippen LogP contribution >= 0.6 is 23.2 Å². The third-order valence-electron chi connectivity index (χ3n) is 3.78. The monoisotopic (exact) mass is 314 g/mol. The fourth-order valence-corrected chi connectivity index (χ4v) is 3.05. The van der Waals surface area contributed by atoms with Gasteiger partial charge in [-0.2, -0.15) is 0 Å². The highest BCUT2D eigenvalue weighted by atomic mass is 35.5. The maximum absolute atomic E-state index is 12.4. The Hall–Kier alpha value is -0.770. The van der Waals surface area contributed by atoms with Crippen LogP contribution in [0.25, 0.3) is 0 Å². The first kappa shape index (κ1) is 15.6. The zero-order valence-corrected chi connectivity index (χ0v) is 13.1. The Kier molecular flexibility index (Phi) is 5.30. The highest BCUT2D eigenvalue weighted by Crippen LogP contribution is 2.35. The standard InChI is InChI=1S/C15H20Cl2N2O/c1-2-4-13(18)15(20)19-8-3-5-14(19)10-6-7-11(16)12(17)9-10/h6-7,9,13-14H,2-5,8,18H2,1H3/t13-,14?/m1/s1. The molecule has 20 heavy (non-hydrogen) atoms. The quantitative estimate of drug-likeness (QED) is 0.919. The van der Waals surface area contributed by atoms with E-state index in [0.717, 1.165) is 37.8 Å². The van der Waals surface area contributed by atoms with Gasteiger partial charge in [-0.1, -0.05) is 42.6 Å². The van der Waals surface area contributed by atoms with E-state index in [1.807, 2.05) is 24.0 Å². The Morgan fingerprint density at radius 3 is 2.85 bits per heavy atom. The molecule has 1 aromatic carbocycles. The minimum absolute atomic E-state index is 0.0421. The summed E-state index contributed by atoms with van der Waals surface area (Å²) in [4.78, 5) is 14.3. The molecule has 1 amide bonds. The van der Waals surface area contributed by atoms with Gasteiger partial charge in [-0.3, -0.25) is 4.79 Å². The molecular weight excluding hydrogens is 295 g/mol. The Morgan fingerprint density at radius 1 is 1.45 bits per heavy atom. The van der Waals surface area contributed by atoms with Gasteiger partial charge in [-0.15, -0.1) is 0 Å². The summed E-state index contributed by atoms with van der Waals surface area (Å²) >= 11 is 12.0. The summed E-state index contributed by atoms with van der Waals surface area (Å²) in [6, 6.07) is 5.25. The Balaban J connectivity index is 2.18. The molecule has 2 atom stereocenters. The summed E-state index contributed by atoms with van der Waals surface area (Å²) in [5, 5.41) is 1.07. The van der Waals surface area contributed by atoms with Crippen molar-refractivity contribution < 1.29 is 4.79 Å². The van der Waals surface area contributed by atoms with Crippen molar-refractivity contribution >= 4 is 29.1 Å². The first-order valence-electron chi connectivity index (χ1n) is 7.05. The lowest BCUT2D eigenvalue weighted by Gasteiger charge is -2.28. The van der Waals surface area contributed by atoms with E-state index >= 15 is 0 Å². The second-order valence-electron chi connectivity index (χ2n) is 5.26. The molecule has 1 aliphatic rings. The van der Waals surface area contributed by atoms with E-state index in [2.05, 4.69) is 0 Å². The van der Waals surface area contributed by atoms with E-state index in [1.54, 1.807) is 6.07 Å². The number of benzene rings is 1. The van der Waals surface area contributed by atoms with Crippen molar-refractivity contribution in [3.63, 3.8) is 0 Å². The van der Waals surface area contributed by atoms with Gasteiger partial charge < -0.3 is 10.6 Å². The van der Waals surface area contributed by atoms with Crippen LogP contribution < -0.4 is 5.73 Å². The molecule has 3 nitrogen and oxygen atoms in total. The molecule has 2 N–H and O–H groups in total. The third-order valence-corrected chi connectivity index (χ3v) is 4.52. The van der Waals surface area contributed by atoms with E-state index in [1.165, 1.54) is 0 Å². The molecule has 0 radical (unpaired) electrons. The summed E-state index contributed by atoms with van der Waals surface area (Å²) in [6.07, 6.45) is 3.58. The number of carbonyl (C=O) groups excluding carboxylic acids is 1. The smallest absolute Gasteiger partial charge is 0.239 e. The van der Waals surface area contributed by atoms with Gasteiger partial charge in [-0.05, 0) is 37.0 Å². The average molecular weight is 315 g/mol. The van der Waals surface area contributed by atoms with Gasteiger partial charge in [0.15, 0.2) is 0 Å². The predicted molar refractivity (Wildman–Crippen MR) is 83.0 cm³/mol. The van der Waals surface area contributed by atoms with Crippen LogP contribution in [-0.4, -0.2) is 23.4 Å². The maximum Gasteiger partial charge on any atom is 0.239 e. The Bertz CT molecular complexity index is 493. The largest absolute Gasteiger partial charge is 0.334 e. The normalized spacial score (nSPS) is 20.2. The number of nitrogens with two attached hydrogens (primary N) is 1. The molecule has 1 unspecified atom stereocenters. The third kappa shape index (κ3) is 3.27. The molecule has 110 valence electrons. The molecule has 1 aliphatic heterocycles. The number of hydrogen-bond donors (Lipinski definition) is 1. The lowest BCUT2D eigenvalue weighted by molar-refractivity contribution is -0.133. The first-order valence-corrected chi connectivity index (χ1v) is 7.81. The van der Waals surface area contributed by atoms with E-state index in [0.29, 0.717) is 10.0 Å². The number of halogens is 2. The van der Waals surface area contributed by atoms with Gasteiger partial charge in [0.2, 0.25) is 5.91 Å². The van der Waals surface area contributed by atoms with E-state index < -0.39 is 6.04 Å². The van der Waals surface area contributed by atoms with Crippen LogP contribution in [0.3, 0.4) is 0 Å². The van der Waals surface area contributed by atoms with Gasteiger partial charge in [-0.25, -0.2) is 0 Å². The van der Waals surface area contributed by atoms with Crippen molar-refractivity contribution in [3.05, 3.63) is 33.8 Å². The number of nitrogens with zero attached hydrogens (tertiary/aromatic N) is 1.